The average molecular weight is 306 g/mol. The monoisotopic (exact) mass is 306 g/mol. The largest absolute Gasteiger partial charge is 0.481 e. The molecule has 3 rings (SSSR count). The normalized spacial score (nSPS) is 16.3. The van der Waals surface area contributed by atoms with E-state index in [0.717, 1.165) is 17.7 Å². The fourth-order valence-corrected chi connectivity index (χ4v) is 2.60. The van der Waals surface area contributed by atoms with Gasteiger partial charge in [-0.3, -0.25) is 4.79 Å². The SMILES string of the molecule is O=C(O)C1(c2cccc(-c3ccc(C(F)(F)F)cc3)c2)CC1. The maximum atomic E-state index is 12.6. The third-order valence-electron chi connectivity index (χ3n) is 4.12. The number of hydrogen-bond donors (Lipinski definition) is 1. The summed E-state index contributed by atoms with van der Waals surface area (Å²) in [5, 5.41) is 9.32. The Morgan fingerprint density at radius 2 is 1.64 bits per heavy atom. The van der Waals surface area contributed by atoms with Gasteiger partial charge in [0.05, 0.1) is 11.0 Å². The highest BCUT2D eigenvalue weighted by molar-refractivity contribution is 5.85. The van der Waals surface area contributed by atoms with Gasteiger partial charge < -0.3 is 5.11 Å². The third kappa shape index (κ3) is 2.47. The smallest absolute Gasteiger partial charge is 0.416 e. The molecule has 5 heteroatoms. The second-order valence-corrected chi connectivity index (χ2v) is 5.54. The van der Waals surface area contributed by atoms with Crippen LogP contribution in [0.3, 0.4) is 0 Å². The second-order valence-electron chi connectivity index (χ2n) is 5.54. The molecular weight excluding hydrogens is 293 g/mol. The van der Waals surface area contributed by atoms with Crippen molar-refractivity contribution >= 4 is 5.97 Å². The lowest BCUT2D eigenvalue weighted by Crippen LogP contribution is -2.19. The summed E-state index contributed by atoms with van der Waals surface area (Å²) >= 11 is 0. The molecule has 1 aliphatic rings. The molecular formula is C17H13F3O2. The minimum absolute atomic E-state index is 0.596. The Morgan fingerprint density at radius 3 is 2.14 bits per heavy atom. The number of benzene rings is 2. The quantitative estimate of drug-likeness (QED) is 0.907. The zero-order valence-electron chi connectivity index (χ0n) is 11.5. The van der Waals surface area contributed by atoms with Gasteiger partial charge in [0.2, 0.25) is 0 Å². The van der Waals surface area contributed by atoms with Gasteiger partial charge in [0.25, 0.3) is 0 Å². The predicted molar refractivity (Wildman–Crippen MR) is 75.4 cm³/mol. The fourth-order valence-electron chi connectivity index (χ4n) is 2.60. The number of aliphatic carboxylic acids is 1. The number of hydrogen-bond acceptors (Lipinski definition) is 1. The Labute approximate surface area is 125 Å². The van der Waals surface area contributed by atoms with Crippen molar-refractivity contribution in [3.8, 4) is 11.1 Å². The molecule has 0 unspecified atom stereocenters. The Morgan fingerprint density at radius 1 is 1.00 bits per heavy atom. The Kier molecular flexibility index (Phi) is 3.24. The summed E-state index contributed by atoms with van der Waals surface area (Å²) in [6.07, 6.45) is -3.17. The number of carboxylic acids is 1. The Balaban J connectivity index is 1.95. The molecule has 0 spiro atoms. The standard InChI is InChI=1S/C17H13F3O2/c18-17(19,20)13-6-4-11(5-7-13)12-2-1-3-14(10-12)16(8-9-16)15(21)22/h1-7,10H,8-9H2,(H,21,22). The lowest BCUT2D eigenvalue weighted by molar-refractivity contribution is -0.140. The van der Waals surface area contributed by atoms with E-state index in [1.807, 2.05) is 0 Å². The lowest BCUT2D eigenvalue weighted by atomic mass is 9.92. The predicted octanol–water partition coefficient (Wildman–Crippen LogP) is 4.49. The Bertz CT molecular complexity index is 713. The molecule has 1 saturated carbocycles. The lowest BCUT2D eigenvalue weighted by Gasteiger charge is -2.12. The van der Waals surface area contributed by atoms with E-state index in [0.29, 0.717) is 24.0 Å². The van der Waals surface area contributed by atoms with Gasteiger partial charge >= 0.3 is 12.1 Å². The van der Waals surface area contributed by atoms with Crippen LogP contribution >= 0.6 is 0 Å². The highest BCUT2D eigenvalue weighted by atomic mass is 19.4. The molecule has 0 aromatic heterocycles. The van der Waals surface area contributed by atoms with Crippen LogP contribution in [-0.4, -0.2) is 11.1 Å². The molecule has 2 aromatic carbocycles. The van der Waals surface area contributed by atoms with Crippen molar-refractivity contribution in [1.82, 2.24) is 0 Å². The topological polar surface area (TPSA) is 37.3 Å². The first kappa shape index (κ1) is 14.6. The summed E-state index contributed by atoms with van der Waals surface area (Å²) in [4.78, 5) is 11.4. The van der Waals surface area contributed by atoms with Crippen molar-refractivity contribution in [2.75, 3.05) is 0 Å². The van der Waals surface area contributed by atoms with E-state index in [1.54, 1.807) is 24.3 Å². The number of rotatable bonds is 3. The first-order chi connectivity index (χ1) is 10.3. The molecule has 22 heavy (non-hydrogen) atoms. The summed E-state index contributed by atoms with van der Waals surface area (Å²) in [7, 11) is 0. The molecule has 1 aliphatic carbocycles. The molecule has 0 heterocycles. The summed E-state index contributed by atoms with van der Waals surface area (Å²) in [5.74, 6) is -0.850. The minimum atomic E-state index is -4.36. The average Bonchev–Trinajstić information content (AvgIpc) is 3.28. The van der Waals surface area contributed by atoms with Gasteiger partial charge in [0, 0.05) is 0 Å². The molecule has 0 saturated heterocycles. The minimum Gasteiger partial charge on any atom is -0.481 e. The Hall–Kier alpha value is -2.30. The maximum Gasteiger partial charge on any atom is 0.416 e. The number of halogens is 3. The van der Waals surface area contributed by atoms with Gasteiger partial charge in [0.15, 0.2) is 0 Å². The van der Waals surface area contributed by atoms with Crippen LogP contribution in [0.25, 0.3) is 11.1 Å². The van der Waals surface area contributed by atoms with Crippen LogP contribution < -0.4 is 0 Å². The van der Waals surface area contributed by atoms with E-state index in [2.05, 4.69) is 0 Å². The molecule has 0 radical (unpaired) electrons. The summed E-state index contributed by atoms with van der Waals surface area (Å²) in [6.45, 7) is 0. The molecule has 0 bridgehead atoms. The van der Waals surface area contributed by atoms with Crippen LogP contribution in [0.2, 0.25) is 0 Å². The van der Waals surface area contributed by atoms with E-state index in [-0.39, 0.29) is 0 Å². The zero-order valence-corrected chi connectivity index (χ0v) is 11.5. The van der Waals surface area contributed by atoms with E-state index in [4.69, 9.17) is 0 Å². The second kappa shape index (κ2) is 4.87. The molecule has 0 aliphatic heterocycles. The zero-order chi connectivity index (χ0) is 16.0. The highest BCUT2D eigenvalue weighted by Crippen LogP contribution is 2.49. The van der Waals surface area contributed by atoms with E-state index in [9.17, 15) is 23.1 Å². The first-order valence-electron chi connectivity index (χ1n) is 6.84. The van der Waals surface area contributed by atoms with Crippen molar-refractivity contribution < 1.29 is 23.1 Å². The van der Waals surface area contributed by atoms with Crippen LogP contribution in [0.1, 0.15) is 24.0 Å². The van der Waals surface area contributed by atoms with Crippen molar-refractivity contribution in [2.24, 2.45) is 0 Å². The van der Waals surface area contributed by atoms with Gasteiger partial charge in [-0.15, -0.1) is 0 Å². The molecule has 0 atom stereocenters. The molecule has 2 aromatic rings. The van der Waals surface area contributed by atoms with Crippen molar-refractivity contribution in [3.05, 3.63) is 59.7 Å². The van der Waals surface area contributed by atoms with Gasteiger partial charge in [-0.2, -0.15) is 13.2 Å². The summed E-state index contributed by atoms with van der Waals surface area (Å²) in [6, 6.07) is 11.9. The van der Waals surface area contributed by atoms with Crippen LogP contribution in [0.4, 0.5) is 13.2 Å². The van der Waals surface area contributed by atoms with Crippen LogP contribution in [0.15, 0.2) is 48.5 Å². The molecule has 114 valence electrons. The van der Waals surface area contributed by atoms with Crippen molar-refractivity contribution in [3.63, 3.8) is 0 Å². The number of carboxylic acid groups (broad SMARTS) is 1. The van der Waals surface area contributed by atoms with Gasteiger partial charge in [-0.25, -0.2) is 0 Å². The van der Waals surface area contributed by atoms with Crippen LogP contribution in [0.5, 0.6) is 0 Å². The van der Waals surface area contributed by atoms with E-state index in [1.165, 1.54) is 12.1 Å². The van der Waals surface area contributed by atoms with Crippen molar-refractivity contribution in [1.29, 1.82) is 0 Å². The molecule has 1 N–H and O–H groups in total. The highest BCUT2D eigenvalue weighted by Gasteiger charge is 2.51. The first-order valence-corrected chi connectivity index (χ1v) is 6.84. The molecule has 2 nitrogen and oxygen atoms in total. The van der Waals surface area contributed by atoms with E-state index >= 15 is 0 Å². The van der Waals surface area contributed by atoms with Gasteiger partial charge in [-0.05, 0) is 41.7 Å². The maximum absolute atomic E-state index is 12.6. The fraction of sp³-hybridized carbons (Fsp3) is 0.235. The van der Waals surface area contributed by atoms with Gasteiger partial charge in [0.1, 0.15) is 0 Å². The van der Waals surface area contributed by atoms with Crippen LogP contribution in [0, 0.1) is 0 Å². The molecule has 0 amide bonds. The summed E-state index contributed by atoms with van der Waals surface area (Å²) < 4.78 is 37.7. The van der Waals surface area contributed by atoms with Crippen LogP contribution in [-0.2, 0) is 16.4 Å². The van der Waals surface area contributed by atoms with Crippen molar-refractivity contribution in [2.45, 2.75) is 24.4 Å². The third-order valence-corrected chi connectivity index (χ3v) is 4.12. The van der Waals surface area contributed by atoms with E-state index < -0.39 is 23.1 Å². The number of carbonyl (C=O) groups is 1. The molecule has 1 fully saturated rings. The van der Waals surface area contributed by atoms with Gasteiger partial charge in [-0.1, -0.05) is 36.4 Å². The number of alkyl halides is 3. The summed E-state index contributed by atoms with van der Waals surface area (Å²) in [5.41, 5.74) is 0.547.